The Bertz CT molecular complexity index is 787. The molecule has 3 atom stereocenters. The molecule has 0 aliphatic heterocycles. The fraction of sp³-hybridized carbons (Fsp3) is 0.333. The Balaban J connectivity index is 1.66. The SMILES string of the molecule is Cc1ccccc1C1CC1C(=O)NCC(C)(C(=O)O)c1ccccc1. The number of hydrogen-bond acceptors (Lipinski definition) is 2. The number of carbonyl (C=O) groups excluding carboxylic acids is 1. The predicted octanol–water partition coefficient (Wildman–Crippen LogP) is 3.26. The van der Waals surface area contributed by atoms with E-state index in [0.29, 0.717) is 5.56 Å². The summed E-state index contributed by atoms with van der Waals surface area (Å²) >= 11 is 0. The molecule has 3 rings (SSSR count). The lowest BCUT2D eigenvalue weighted by Crippen LogP contribution is -2.44. The smallest absolute Gasteiger partial charge is 0.315 e. The molecule has 1 saturated carbocycles. The van der Waals surface area contributed by atoms with E-state index in [1.165, 1.54) is 11.1 Å². The molecule has 3 unspecified atom stereocenters. The topological polar surface area (TPSA) is 66.4 Å². The Morgan fingerprint density at radius 3 is 2.40 bits per heavy atom. The molecule has 2 N–H and O–H groups in total. The average molecular weight is 337 g/mol. The lowest BCUT2D eigenvalue weighted by atomic mass is 9.82. The Morgan fingerprint density at radius 2 is 1.76 bits per heavy atom. The summed E-state index contributed by atoms with van der Waals surface area (Å²) in [5.41, 5.74) is 1.97. The molecule has 2 aromatic rings. The molecule has 0 radical (unpaired) electrons. The summed E-state index contributed by atoms with van der Waals surface area (Å²) in [6.07, 6.45) is 0.825. The summed E-state index contributed by atoms with van der Waals surface area (Å²) in [6, 6.07) is 17.2. The average Bonchev–Trinajstić information content (AvgIpc) is 3.41. The first-order valence-electron chi connectivity index (χ1n) is 8.55. The molecule has 25 heavy (non-hydrogen) atoms. The maximum Gasteiger partial charge on any atom is 0.315 e. The van der Waals surface area contributed by atoms with Crippen LogP contribution in [0.1, 0.15) is 36.0 Å². The third kappa shape index (κ3) is 3.43. The number of amides is 1. The Morgan fingerprint density at radius 1 is 1.12 bits per heavy atom. The van der Waals surface area contributed by atoms with Crippen LogP contribution in [-0.2, 0) is 15.0 Å². The maximum absolute atomic E-state index is 12.5. The molecule has 130 valence electrons. The molecular weight excluding hydrogens is 314 g/mol. The molecule has 4 nitrogen and oxygen atoms in total. The summed E-state index contributed by atoms with van der Waals surface area (Å²) < 4.78 is 0. The van der Waals surface area contributed by atoms with E-state index in [-0.39, 0.29) is 24.3 Å². The quantitative estimate of drug-likeness (QED) is 0.850. The van der Waals surface area contributed by atoms with Gasteiger partial charge in [0.05, 0.1) is 0 Å². The van der Waals surface area contributed by atoms with Crippen LogP contribution in [0.3, 0.4) is 0 Å². The molecule has 1 aliphatic rings. The summed E-state index contributed by atoms with van der Waals surface area (Å²) in [5.74, 6) is -0.814. The first-order chi connectivity index (χ1) is 11.9. The number of carboxylic acid groups (broad SMARTS) is 1. The van der Waals surface area contributed by atoms with Crippen LogP contribution in [0, 0.1) is 12.8 Å². The third-order valence-corrected chi connectivity index (χ3v) is 5.21. The van der Waals surface area contributed by atoms with Gasteiger partial charge in [-0.1, -0.05) is 54.6 Å². The summed E-state index contributed by atoms with van der Waals surface area (Å²) in [7, 11) is 0. The van der Waals surface area contributed by atoms with Crippen LogP contribution in [0.2, 0.25) is 0 Å². The third-order valence-electron chi connectivity index (χ3n) is 5.21. The molecule has 1 aliphatic carbocycles. The number of hydrogen-bond donors (Lipinski definition) is 2. The minimum Gasteiger partial charge on any atom is -0.481 e. The van der Waals surface area contributed by atoms with Gasteiger partial charge in [-0.2, -0.15) is 0 Å². The summed E-state index contributed by atoms with van der Waals surface area (Å²) in [6.45, 7) is 3.79. The largest absolute Gasteiger partial charge is 0.481 e. The number of aliphatic carboxylic acids is 1. The van der Waals surface area contributed by atoms with Crippen molar-refractivity contribution in [3.63, 3.8) is 0 Å². The van der Waals surface area contributed by atoms with E-state index in [1.54, 1.807) is 19.1 Å². The van der Waals surface area contributed by atoms with E-state index in [2.05, 4.69) is 24.4 Å². The molecular formula is C21H23NO3. The van der Waals surface area contributed by atoms with Gasteiger partial charge in [-0.05, 0) is 42.9 Å². The van der Waals surface area contributed by atoms with Crippen LogP contribution in [0.25, 0.3) is 0 Å². The van der Waals surface area contributed by atoms with Crippen LogP contribution in [0.15, 0.2) is 54.6 Å². The highest BCUT2D eigenvalue weighted by Gasteiger charge is 2.45. The molecule has 0 saturated heterocycles. The second-order valence-corrected chi connectivity index (χ2v) is 7.03. The van der Waals surface area contributed by atoms with Crippen molar-refractivity contribution in [3.05, 3.63) is 71.3 Å². The standard InChI is InChI=1S/C21H23NO3/c1-14-8-6-7-11-16(14)17-12-18(17)19(23)22-13-21(2,20(24)25)15-9-4-3-5-10-15/h3-11,17-18H,12-13H2,1-2H3,(H,22,23)(H,24,25). The Labute approximate surface area is 147 Å². The molecule has 0 bridgehead atoms. The van der Waals surface area contributed by atoms with Crippen LogP contribution >= 0.6 is 0 Å². The van der Waals surface area contributed by atoms with Crippen LogP contribution in [0.5, 0.6) is 0 Å². The highest BCUT2D eigenvalue weighted by atomic mass is 16.4. The van der Waals surface area contributed by atoms with Gasteiger partial charge in [0, 0.05) is 12.5 Å². The van der Waals surface area contributed by atoms with Crippen molar-refractivity contribution in [2.45, 2.75) is 31.6 Å². The highest BCUT2D eigenvalue weighted by Crippen LogP contribution is 2.48. The number of aryl methyl sites for hydroxylation is 1. The van der Waals surface area contributed by atoms with Gasteiger partial charge in [0.25, 0.3) is 0 Å². The first-order valence-corrected chi connectivity index (χ1v) is 8.55. The molecule has 0 spiro atoms. The number of nitrogens with one attached hydrogen (secondary N) is 1. The fourth-order valence-electron chi connectivity index (χ4n) is 3.33. The van der Waals surface area contributed by atoms with Crippen LogP contribution in [-0.4, -0.2) is 23.5 Å². The first kappa shape index (κ1) is 17.2. The maximum atomic E-state index is 12.5. The minimum atomic E-state index is -1.13. The van der Waals surface area contributed by atoms with E-state index < -0.39 is 11.4 Å². The van der Waals surface area contributed by atoms with Crippen molar-refractivity contribution in [1.82, 2.24) is 5.32 Å². The molecule has 0 aromatic heterocycles. The Hall–Kier alpha value is -2.62. The second kappa shape index (κ2) is 6.71. The zero-order valence-corrected chi connectivity index (χ0v) is 14.5. The minimum absolute atomic E-state index is 0.0586. The lowest BCUT2D eigenvalue weighted by molar-refractivity contribution is -0.143. The monoisotopic (exact) mass is 337 g/mol. The van der Waals surface area contributed by atoms with Gasteiger partial charge in [-0.3, -0.25) is 9.59 Å². The molecule has 2 aromatic carbocycles. The van der Waals surface area contributed by atoms with Crippen molar-refractivity contribution in [2.24, 2.45) is 5.92 Å². The molecule has 1 amide bonds. The van der Waals surface area contributed by atoms with E-state index in [9.17, 15) is 14.7 Å². The van der Waals surface area contributed by atoms with Gasteiger partial charge in [0.2, 0.25) is 5.91 Å². The molecule has 4 heteroatoms. The normalized spacial score (nSPS) is 21.2. The van der Waals surface area contributed by atoms with Crippen LogP contribution in [0.4, 0.5) is 0 Å². The van der Waals surface area contributed by atoms with Crippen molar-refractivity contribution >= 4 is 11.9 Å². The van der Waals surface area contributed by atoms with Gasteiger partial charge >= 0.3 is 5.97 Å². The van der Waals surface area contributed by atoms with Gasteiger partial charge in [0.15, 0.2) is 0 Å². The predicted molar refractivity (Wildman–Crippen MR) is 96.5 cm³/mol. The zero-order chi connectivity index (χ0) is 18.0. The second-order valence-electron chi connectivity index (χ2n) is 7.03. The number of carbonyl (C=O) groups is 2. The van der Waals surface area contributed by atoms with Gasteiger partial charge in [0.1, 0.15) is 5.41 Å². The van der Waals surface area contributed by atoms with Crippen molar-refractivity contribution in [2.75, 3.05) is 6.54 Å². The van der Waals surface area contributed by atoms with Crippen molar-refractivity contribution in [3.8, 4) is 0 Å². The van der Waals surface area contributed by atoms with Gasteiger partial charge < -0.3 is 10.4 Å². The summed E-state index contributed by atoms with van der Waals surface area (Å²) in [4.78, 5) is 24.3. The molecule has 0 heterocycles. The van der Waals surface area contributed by atoms with E-state index in [4.69, 9.17) is 0 Å². The number of rotatable bonds is 6. The van der Waals surface area contributed by atoms with Gasteiger partial charge in [-0.25, -0.2) is 0 Å². The van der Waals surface area contributed by atoms with Crippen LogP contribution < -0.4 is 5.32 Å². The lowest BCUT2D eigenvalue weighted by Gasteiger charge is -2.25. The van der Waals surface area contributed by atoms with E-state index in [1.807, 2.05) is 30.3 Å². The number of carboxylic acids is 1. The Kier molecular flexibility index (Phi) is 4.62. The van der Waals surface area contributed by atoms with Crippen molar-refractivity contribution < 1.29 is 14.7 Å². The van der Waals surface area contributed by atoms with E-state index in [0.717, 1.165) is 6.42 Å². The number of benzene rings is 2. The van der Waals surface area contributed by atoms with Gasteiger partial charge in [-0.15, -0.1) is 0 Å². The fourth-order valence-corrected chi connectivity index (χ4v) is 3.33. The van der Waals surface area contributed by atoms with Crippen molar-refractivity contribution in [1.29, 1.82) is 0 Å². The van der Waals surface area contributed by atoms with E-state index >= 15 is 0 Å². The highest BCUT2D eigenvalue weighted by molar-refractivity contribution is 5.86. The zero-order valence-electron chi connectivity index (χ0n) is 14.5. The molecule has 1 fully saturated rings. The summed E-state index contributed by atoms with van der Waals surface area (Å²) in [5, 5.41) is 12.5.